The summed E-state index contributed by atoms with van der Waals surface area (Å²) in [6.07, 6.45) is 2.38. The minimum Gasteiger partial charge on any atom is -0.464 e. The summed E-state index contributed by atoms with van der Waals surface area (Å²) < 4.78 is 5.03. The largest absolute Gasteiger partial charge is 0.464 e. The Balaban J connectivity index is 1.89. The van der Waals surface area contributed by atoms with Crippen LogP contribution >= 0.6 is 0 Å². The number of ether oxygens (including phenoxy) is 1. The maximum Gasteiger partial charge on any atom is 0.302 e. The second kappa shape index (κ2) is 5.69. The van der Waals surface area contributed by atoms with Crippen LogP contribution in [-0.4, -0.2) is 54.3 Å². The fourth-order valence-electron chi connectivity index (χ4n) is 2.78. The van der Waals surface area contributed by atoms with Gasteiger partial charge in [-0.05, 0) is 18.6 Å². The Hall–Kier alpha value is -2.15. The molecule has 7 nitrogen and oxygen atoms in total. The highest BCUT2D eigenvalue weighted by Crippen LogP contribution is 2.29. The number of pyridine rings is 1. The monoisotopic (exact) mass is 290 g/mol. The van der Waals surface area contributed by atoms with E-state index in [1.165, 1.54) is 6.92 Å². The van der Waals surface area contributed by atoms with Crippen LogP contribution in [0, 0.1) is 0 Å². The van der Waals surface area contributed by atoms with Gasteiger partial charge in [0, 0.05) is 26.2 Å². The molecule has 1 fully saturated rings. The van der Waals surface area contributed by atoms with Crippen molar-refractivity contribution in [3.8, 4) is 0 Å². The first-order valence-electron chi connectivity index (χ1n) is 7.08. The lowest BCUT2D eigenvalue weighted by atomic mass is 10.1. The lowest BCUT2D eigenvalue weighted by Gasteiger charge is -2.47. The van der Waals surface area contributed by atoms with Crippen LogP contribution in [0.25, 0.3) is 0 Å². The van der Waals surface area contributed by atoms with Crippen LogP contribution in [0.2, 0.25) is 0 Å². The predicted molar refractivity (Wildman–Crippen MR) is 75.7 cm³/mol. The summed E-state index contributed by atoms with van der Waals surface area (Å²) in [6, 6.07) is 3.55. The van der Waals surface area contributed by atoms with Gasteiger partial charge in [0.15, 0.2) is 6.29 Å². The van der Waals surface area contributed by atoms with Gasteiger partial charge in [-0.2, -0.15) is 0 Å². The molecule has 0 saturated carbocycles. The normalized spacial score (nSPS) is 20.8. The zero-order chi connectivity index (χ0) is 14.8. The van der Waals surface area contributed by atoms with Crippen LogP contribution < -0.4 is 10.2 Å². The van der Waals surface area contributed by atoms with E-state index in [-0.39, 0.29) is 24.8 Å². The molecule has 21 heavy (non-hydrogen) atoms. The van der Waals surface area contributed by atoms with Gasteiger partial charge in [0.05, 0.1) is 12.1 Å². The van der Waals surface area contributed by atoms with E-state index in [1.807, 2.05) is 4.90 Å². The Bertz CT molecular complexity index is 563. The number of esters is 1. The van der Waals surface area contributed by atoms with Gasteiger partial charge in [-0.3, -0.25) is 14.9 Å². The molecule has 1 atom stereocenters. The zero-order valence-electron chi connectivity index (χ0n) is 11.9. The molecule has 1 N–H and O–H groups in total. The molecule has 1 saturated heterocycles. The minimum atomic E-state index is -0.308. The molecule has 3 heterocycles. The van der Waals surface area contributed by atoms with Gasteiger partial charge >= 0.3 is 5.97 Å². The van der Waals surface area contributed by atoms with Crippen LogP contribution in [0.3, 0.4) is 0 Å². The SMILES string of the molecule is CC(=O)OCCN1c2ncccc2C(=O)N2CCCNC21. The number of carbonyl (C=O) groups excluding carboxylic acids is 2. The molecule has 0 radical (unpaired) electrons. The number of hydrogen-bond acceptors (Lipinski definition) is 6. The predicted octanol–water partition coefficient (Wildman–Crippen LogP) is 0.184. The van der Waals surface area contributed by atoms with Crippen molar-refractivity contribution in [1.82, 2.24) is 15.2 Å². The quantitative estimate of drug-likeness (QED) is 0.801. The van der Waals surface area contributed by atoms with E-state index in [4.69, 9.17) is 4.74 Å². The average molecular weight is 290 g/mol. The minimum absolute atomic E-state index is 0.000892. The van der Waals surface area contributed by atoms with Crippen molar-refractivity contribution in [2.45, 2.75) is 19.6 Å². The van der Waals surface area contributed by atoms with Crippen LogP contribution in [0.5, 0.6) is 0 Å². The highest BCUT2D eigenvalue weighted by molar-refractivity contribution is 6.01. The molecular weight excluding hydrogens is 272 g/mol. The summed E-state index contributed by atoms with van der Waals surface area (Å²) in [6.45, 7) is 3.71. The molecule has 1 amide bonds. The van der Waals surface area contributed by atoms with Gasteiger partial charge < -0.3 is 14.5 Å². The third-order valence-corrected chi connectivity index (χ3v) is 3.68. The zero-order valence-corrected chi connectivity index (χ0v) is 11.9. The van der Waals surface area contributed by atoms with E-state index in [0.29, 0.717) is 17.9 Å². The molecule has 0 spiro atoms. The number of hydrogen-bond donors (Lipinski definition) is 1. The topological polar surface area (TPSA) is 74.8 Å². The lowest BCUT2D eigenvalue weighted by molar-refractivity contribution is -0.140. The molecule has 2 aliphatic rings. The van der Waals surface area contributed by atoms with Crippen molar-refractivity contribution in [3.05, 3.63) is 23.9 Å². The standard InChI is InChI=1S/C14H18N4O3/c1-10(19)21-9-8-17-12-11(4-2-5-15-12)13(20)18-7-3-6-16-14(17)18/h2,4-5,14,16H,3,6-9H2,1H3. The Labute approximate surface area is 122 Å². The Morgan fingerprint density at radius 2 is 2.43 bits per heavy atom. The Morgan fingerprint density at radius 3 is 3.24 bits per heavy atom. The van der Waals surface area contributed by atoms with Crippen molar-refractivity contribution in [3.63, 3.8) is 0 Å². The fraction of sp³-hybridized carbons (Fsp3) is 0.500. The third kappa shape index (κ3) is 2.56. The van der Waals surface area contributed by atoms with E-state index in [1.54, 1.807) is 23.2 Å². The average Bonchev–Trinajstić information content (AvgIpc) is 2.50. The van der Waals surface area contributed by atoms with Crippen LogP contribution in [0.15, 0.2) is 18.3 Å². The van der Waals surface area contributed by atoms with Crippen molar-refractivity contribution in [2.75, 3.05) is 31.1 Å². The molecule has 1 aromatic rings. The number of aromatic nitrogens is 1. The van der Waals surface area contributed by atoms with Crippen molar-refractivity contribution in [2.24, 2.45) is 0 Å². The summed E-state index contributed by atoms with van der Waals surface area (Å²) in [7, 11) is 0. The van der Waals surface area contributed by atoms with Gasteiger partial charge in [-0.15, -0.1) is 0 Å². The summed E-state index contributed by atoms with van der Waals surface area (Å²) in [5.41, 5.74) is 0.597. The molecular formula is C14H18N4O3. The first-order chi connectivity index (χ1) is 10.2. The van der Waals surface area contributed by atoms with Crippen molar-refractivity contribution < 1.29 is 14.3 Å². The van der Waals surface area contributed by atoms with Crippen LogP contribution in [-0.2, 0) is 9.53 Å². The lowest BCUT2D eigenvalue weighted by Crippen LogP contribution is -2.65. The van der Waals surface area contributed by atoms with E-state index in [9.17, 15) is 9.59 Å². The summed E-state index contributed by atoms with van der Waals surface area (Å²) in [4.78, 5) is 31.6. The number of amides is 1. The fourth-order valence-corrected chi connectivity index (χ4v) is 2.78. The number of anilines is 1. The summed E-state index contributed by atoms with van der Waals surface area (Å²) in [5, 5.41) is 3.33. The molecule has 2 aliphatic heterocycles. The summed E-state index contributed by atoms with van der Waals surface area (Å²) >= 11 is 0. The number of nitrogens with one attached hydrogen (secondary N) is 1. The number of carbonyl (C=O) groups is 2. The van der Waals surface area contributed by atoms with E-state index < -0.39 is 0 Å². The van der Waals surface area contributed by atoms with E-state index in [2.05, 4.69) is 10.3 Å². The molecule has 1 unspecified atom stereocenters. The number of rotatable bonds is 3. The van der Waals surface area contributed by atoms with Crippen LogP contribution in [0.4, 0.5) is 5.82 Å². The molecule has 0 aliphatic carbocycles. The maximum absolute atomic E-state index is 12.5. The first-order valence-corrected chi connectivity index (χ1v) is 7.08. The van der Waals surface area contributed by atoms with Gasteiger partial charge in [0.1, 0.15) is 12.4 Å². The molecule has 0 aromatic carbocycles. The molecule has 0 bridgehead atoms. The van der Waals surface area contributed by atoms with Crippen molar-refractivity contribution >= 4 is 17.7 Å². The smallest absolute Gasteiger partial charge is 0.302 e. The van der Waals surface area contributed by atoms with E-state index >= 15 is 0 Å². The van der Waals surface area contributed by atoms with Gasteiger partial charge in [-0.25, -0.2) is 4.98 Å². The second-order valence-corrected chi connectivity index (χ2v) is 5.09. The third-order valence-electron chi connectivity index (χ3n) is 3.68. The highest BCUT2D eigenvalue weighted by Gasteiger charge is 2.39. The van der Waals surface area contributed by atoms with Crippen LogP contribution in [0.1, 0.15) is 23.7 Å². The summed E-state index contributed by atoms with van der Waals surface area (Å²) in [5.74, 6) is 0.335. The maximum atomic E-state index is 12.5. The van der Waals surface area contributed by atoms with Gasteiger partial charge in [0.2, 0.25) is 0 Å². The second-order valence-electron chi connectivity index (χ2n) is 5.09. The van der Waals surface area contributed by atoms with Crippen molar-refractivity contribution in [1.29, 1.82) is 0 Å². The molecule has 7 heteroatoms. The Morgan fingerprint density at radius 1 is 1.57 bits per heavy atom. The molecule has 112 valence electrons. The highest BCUT2D eigenvalue weighted by atomic mass is 16.5. The molecule has 3 rings (SSSR count). The number of nitrogens with zero attached hydrogens (tertiary/aromatic N) is 3. The first kappa shape index (κ1) is 13.8. The van der Waals surface area contributed by atoms with E-state index in [0.717, 1.165) is 19.5 Å². The Kier molecular flexibility index (Phi) is 3.74. The molecule has 1 aromatic heterocycles. The van der Waals surface area contributed by atoms with Gasteiger partial charge in [-0.1, -0.05) is 0 Å². The number of fused-ring (bicyclic) bond motifs is 2. The van der Waals surface area contributed by atoms with Gasteiger partial charge in [0.25, 0.3) is 5.91 Å².